The van der Waals surface area contributed by atoms with Crippen LogP contribution in [-0.4, -0.2) is 48.8 Å². The van der Waals surface area contributed by atoms with Crippen LogP contribution in [0.5, 0.6) is 0 Å². The lowest BCUT2D eigenvalue weighted by molar-refractivity contribution is -0.0452. The molecule has 1 N–H and O–H groups in total. The van der Waals surface area contributed by atoms with E-state index in [0.29, 0.717) is 29.4 Å². The molecule has 1 aliphatic heterocycles. The first-order chi connectivity index (χ1) is 12.6. The summed E-state index contributed by atoms with van der Waals surface area (Å²) in [6, 6.07) is 5.82. The maximum absolute atomic E-state index is 12.9. The summed E-state index contributed by atoms with van der Waals surface area (Å²) in [5.74, 6) is -0.378. The van der Waals surface area contributed by atoms with Gasteiger partial charge in [-0.3, -0.25) is 9.78 Å². The van der Waals surface area contributed by atoms with Crippen LogP contribution in [0.3, 0.4) is 0 Å². The van der Waals surface area contributed by atoms with Gasteiger partial charge in [-0.15, -0.1) is 0 Å². The van der Waals surface area contributed by atoms with E-state index >= 15 is 0 Å². The first-order valence-electron chi connectivity index (χ1n) is 8.00. The van der Waals surface area contributed by atoms with Gasteiger partial charge in [0, 0.05) is 35.2 Å². The topological polar surface area (TPSA) is 79.4 Å². The van der Waals surface area contributed by atoms with Gasteiger partial charge in [-0.05, 0) is 37.1 Å². The average Bonchev–Trinajstić information content (AvgIpc) is 2.59. The highest BCUT2D eigenvalue weighted by atomic mass is 79.9. The van der Waals surface area contributed by atoms with Crippen LogP contribution in [0.25, 0.3) is 10.9 Å². The van der Waals surface area contributed by atoms with Crippen LogP contribution in [0.1, 0.15) is 23.2 Å². The second-order valence-corrected chi connectivity index (χ2v) is 8.80. The number of hydrogen-bond donors (Lipinski definition) is 1. The zero-order chi connectivity index (χ0) is 19.8. The van der Waals surface area contributed by atoms with Crippen molar-refractivity contribution in [2.45, 2.75) is 24.4 Å². The number of hydrogen-bond acceptors (Lipinski definition) is 4. The molecule has 1 atom stereocenters. The molecule has 1 aromatic carbocycles. The van der Waals surface area contributed by atoms with Crippen molar-refractivity contribution in [1.29, 1.82) is 0 Å². The number of benzene rings is 1. The maximum atomic E-state index is 12.9. The summed E-state index contributed by atoms with van der Waals surface area (Å²) in [5, 5.41) is 0.606. The van der Waals surface area contributed by atoms with Gasteiger partial charge in [-0.1, -0.05) is 15.9 Å². The van der Waals surface area contributed by atoms with Gasteiger partial charge in [0.1, 0.15) is 0 Å². The quantitative estimate of drug-likeness (QED) is 0.755. The third-order valence-corrected chi connectivity index (χ3v) is 6.02. The Morgan fingerprint density at radius 3 is 2.74 bits per heavy atom. The van der Waals surface area contributed by atoms with Gasteiger partial charge in [-0.2, -0.15) is 13.2 Å². The number of nitrogens with one attached hydrogen (secondary N) is 1. The van der Waals surface area contributed by atoms with Crippen molar-refractivity contribution in [3.05, 3.63) is 40.5 Å². The molecule has 1 aromatic heterocycles. The number of sulfonamides is 1. The Morgan fingerprint density at radius 1 is 1.30 bits per heavy atom. The van der Waals surface area contributed by atoms with Crippen LogP contribution in [0.15, 0.2) is 34.9 Å². The minimum atomic E-state index is -5.46. The number of amides is 1. The second-order valence-electron chi connectivity index (χ2n) is 6.18. The van der Waals surface area contributed by atoms with Gasteiger partial charge < -0.3 is 4.90 Å². The molecular weight excluding hydrogens is 451 g/mol. The molecule has 6 nitrogen and oxygen atoms in total. The first kappa shape index (κ1) is 20.0. The van der Waals surface area contributed by atoms with Crippen molar-refractivity contribution >= 4 is 42.8 Å². The number of pyridine rings is 1. The Kier molecular flexibility index (Phi) is 5.46. The molecule has 0 spiro atoms. The predicted molar refractivity (Wildman–Crippen MR) is 96.5 cm³/mol. The van der Waals surface area contributed by atoms with Gasteiger partial charge in [-0.25, -0.2) is 13.1 Å². The Morgan fingerprint density at radius 2 is 2.04 bits per heavy atom. The van der Waals surface area contributed by atoms with Gasteiger partial charge in [0.15, 0.2) is 0 Å². The van der Waals surface area contributed by atoms with Crippen LogP contribution in [0, 0.1) is 0 Å². The third kappa shape index (κ3) is 4.25. The molecule has 0 saturated carbocycles. The van der Waals surface area contributed by atoms with E-state index in [1.807, 2.05) is 0 Å². The Bertz CT molecular complexity index is 982. The molecular formula is C16H15BrF3N3O3S. The molecule has 1 saturated heterocycles. The fourth-order valence-corrected chi connectivity index (χ4v) is 4.15. The molecule has 0 aliphatic carbocycles. The summed E-state index contributed by atoms with van der Waals surface area (Å²) < 4.78 is 62.8. The van der Waals surface area contributed by atoms with Crippen LogP contribution in [0.4, 0.5) is 13.2 Å². The molecule has 0 radical (unpaired) electrons. The number of carbonyl (C=O) groups excluding carboxylic acids is 1. The molecule has 0 bridgehead atoms. The fraction of sp³-hybridized carbons (Fsp3) is 0.375. The van der Waals surface area contributed by atoms with E-state index in [4.69, 9.17) is 0 Å². The van der Waals surface area contributed by atoms with Crippen LogP contribution >= 0.6 is 15.9 Å². The Labute approximate surface area is 161 Å². The number of fused-ring (bicyclic) bond motifs is 1. The highest BCUT2D eigenvalue weighted by Gasteiger charge is 2.47. The van der Waals surface area contributed by atoms with Crippen LogP contribution < -0.4 is 4.72 Å². The number of piperidine rings is 1. The third-order valence-electron chi connectivity index (χ3n) is 4.27. The van der Waals surface area contributed by atoms with Gasteiger partial charge in [0.05, 0.1) is 11.1 Å². The number of aromatic nitrogens is 1. The molecule has 1 fully saturated rings. The number of halogens is 4. The largest absolute Gasteiger partial charge is 0.511 e. The smallest absolute Gasteiger partial charge is 0.337 e. The predicted octanol–water partition coefficient (Wildman–Crippen LogP) is 3.04. The summed E-state index contributed by atoms with van der Waals surface area (Å²) in [5.41, 5.74) is -4.41. The molecule has 146 valence electrons. The molecule has 27 heavy (non-hydrogen) atoms. The van der Waals surface area contributed by atoms with E-state index in [0.717, 1.165) is 4.47 Å². The van der Waals surface area contributed by atoms with Gasteiger partial charge >= 0.3 is 15.5 Å². The summed E-state index contributed by atoms with van der Waals surface area (Å²) in [4.78, 5) is 18.5. The number of likely N-dealkylation sites (tertiary alicyclic amines) is 1. The van der Waals surface area contributed by atoms with E-state index in [9.17, 15) is 26.4 Å². The summed E-state index contributed by atoms with van der Waals surface area (Å²) >= 11 is 3.34. The van der Waals surface area contributed by atoms with E-state index in [1.165, 1.54) is 11.1 Å². The summed E-state index contributed by atoms with van der Waals surface area (Å²) in [6.07, 6.45) is 2.10. The monoisotopic (exact) mass is 465 g/mol. The highest BCUT2D eigenvalue weighted by Crippen LogP contribution is 2.26. The van der Waals surface area contributed by atoms with E-state index in [-0.39, 0.29) is 18.9 Å². The summed E-state index contributed by atoms with van der Waals surface area (Å²) in [7, 11) is -5.46. The minimum absolute atomic E-state index is 0.133. The van der Waals surface area contributed by atoms with Crippen molar-refractivity contribution in [3.63, 3.8) is 0 Å². The minimum Gasteiger partial charge on any atom is -0.337 e. The lowest BCUT2D eigenvalue weighted by Gasteiger charge is -2.33. The van der Waals surface area contributed by atoms with Gasteiger partial charge in [0.2, 0.25) is 0 Å². The van der Waals surface area contributed by atoms with E-state index in [2.05, 4.69) is 20.9 Å². The molecule has 2 heterocycles. The highest BCUT2D eigenvalue weighted by molar-refractivity contribution is 9.10. The zero-order valence-electron chi connectivity index (χ0n) is 13.8. The fourth-order valence-electron chi connectivity index (χ4n) is 3.02. The molecule has 3 rings (SSSR count). The van der Waals surface area contributed by atoms with Gasteiger partial charge in [0.25, 0.3) is 5.91 Å². The molecule has 1 amide bonds. The number of nitrogens with zero attached hydrogens (tertiary/aromatic N) is 2. The normalized spacial score (nSPS) is 18.7. The van der Waals surface area contributed by atoms with E-state index in [1.54, 1.807) is 29.0 Å². The average molecular weight is 466 g/mol. The zero-order valence-corrected chi connectivity index (χ0v) is 16.2. The van der Waals surface area contributed by atoms with Crippen molar-refractivity contribution in [2.75, 3.05) is 13.1 Å². The van der Waals surface area contributed by atoms with E-state index < -0.39 is 21.6 Å². The number of rotatable bonds is 3. The Hall–Kier alpha value is -1.72. The lowest BCUT2D eigenvalue weighted by Crippen LogP contribution is -2.52. The first-order valence-corrected chi connectivity index (χ1v) is 10.3. The maximum Gasteiger partial charge on any atom is 0.511 e. The van der Waals surface area contributed by atoms with Crippen molar-refractivity contribution in [1.82, 2.24) is 14.6 Å². The van der Waals surface area contributed by atoms with Crippen molar-refractivity contribution in [3.8, 4) is 0 Å². The number of carbonyl (C=O) groups is 1. The molecule has 1 aliphatic rings. The van der Waals surface area contributed by atoms with Crippen molar-refractivity contribution < 1.29 is 26.4 Å². The second kappa shape index (κ2) is 7.36. The van der Waals surface area contributed by atoms with Crippen LogP contribution in [0.2, 0.25) is 0 Å². The summed E-state index contributed by atoms with van der Waals surface area (Å²) in [6.45, 7) is 0.201. The lowest BCUT2D eigenvalue weighted by atomic mass is 10.0. The standard InChI is InChI=1S/C16H15BrF3N3O3S/c17-10-3-4-14-13(8-10)12(5-6-21-14)15(24)23-7-1-2-11(9-23)22-27(25,26)16(18,19)20/h3-6,8,11,22H,1-2,7,9H2. The Balaban J connectivity index is 1.83. The molecule has 1 unspecified atom stereocenters. The SMILES string of the molecule is O=C(c1ccnc2ccc(Br)cc12)N1CCCC(NS(=O)(=O)C(F)(F)F)C1. The molecule has 11 heteroatoms. The number of alkyl halides is 3. The molecule has 2 aromatic rings. The van der Waals surface area contributed by atoms with Crippen molar-refractivity contribution in [2.24, 2.45) is 0 Å². The van der Waals surface area contributed by atoms with Crippen LogP contribution in [-0.2, 0) is 10.0 Å².